The molecule has 0 bridgehead atoms. The predicted octanol–water partition coefficient (Wildman–Crippen LogP) is 0.701. The van der Waals surface area contributed by atoms with E-state index in [1.165, 1.54) is 18.5 Å². The minimum Gasteiger partial charge on any atom is -0.373 e. The van der Waals surface area contributed by atoms with Crippen LogP contribution in [0.4, 0.5) is 10.1 Å². The summed E-state index contributed by atoms with van der Waals surface area (Å²) < 4.78 is 34.6. The summed E-state index contributed by atoms with van der Waals surface area (Å²) >= 11 is 0. The minimum atomic E-state index is -2.99. The maximum atomic E-state index is 12.7. The lowest BCUT2D eigenvalue weighted by molar-refractivity contribution is 0.583. The molecule has 0 atom stereocenters. The zero-order chi connectivity index (χ0) is 11.5. The second kappa shape index (κ2) is 4.57. The van der Waals surface area contributed by atoms with E-state index in [0.29, 0.717) is 12.2 Å². The minimum absolute atomic E-state index is 0.0490. The van der Waals surface area contributed by atoms with Crippen molar-refractivity contribution in [1.29, 1.82) is 0 Å². The first-order chi connectivity index (χ1) is 6.88. The number of nitrogens with zero attached hydrogens (tertiary/aromatic N) is 2. The molecule has 1 aromatic heterocycles. The average Bonchev–Trinajstić information content (AvgIpc) is 2.13. The molecule has 0 saturated carbocycles. The molecular weight excluding hydrogens is 219 g/mol. The van der Waals surface area contributed by atoms with Gasteiger partial charge in [-0.1, -0.05) is 0 Å². The summed E-state index contributed by atoms with van der Waals surface area (Å²) in [4.78, 5) is 5.09. The number of hydrogen-bond acceptors (Lipinski definition) is 4. The van der Waals surface area contributed by atoms with Gasteiger partial charge in [0, 0.05) is 37.8 Å². The summed E-state index contributed by atoms with van der Waals surface area (Å²) in [7, 11) is -1.28. The number of hydrogen-bond donors (Lipinski definition) is 0. The summed E-state index contributed by atoms with van der Waals surface area (Å²) in [5.41, 5.74) is 0.617. The highest BCUT2D eigenvalue weighted by atomic mass is 32.2. The van der Waals surface area contributed by atoms with Crippen LogP contribution in [0.25, 0.3) is 0 Å². The maximum Gasteiger partial charge on any atom is 0.214 e. The Hall–Kier alpha value is -1.17. The third kappa shape index (κ3) is 4.24. The Bertz CT molecular complexity index is 433. The molecule has 0 fully saturated rings. The van der Waals surface area contributed by atoms with E-state index in [1.54, 1.807) is 18.0 Å². The van der Waals surface area contributed by atoms with E-state index in [0.717, 1.165) is 0 Å². The van der Waals surface area contributed by atoms with E-state index < -0.39 is 15.8 Å². The number of rotatable bonds is 4. The van der Waals surface area contributed by atoms with E-state index in [1.807, 2.05) is 0 Å². The molecule has 1 aromatic rings. The lowest BCUT2D eigenvalue weighted by Crippen LogP contribution is -2.24. The number of sulfone groups is 1. The zero-order valence-corrected chi connectivity index (χ0v) is 9.46. The molecule has 6 heteroatoms. The Morgan fingerprint density at radius 2 is 2.20 bits per heavy atom. The first-order valence-electron chi connectivity index (χ1n) is 4.39. The fourth-order valence-electron chi connectivity index (χ4n) is 1.06. The molecule has 0 N–H and O–H groups in total. The Morgan fingerprint density at radius 3 is 2.73 bits per heavy atom. The van der Waals surface area contributed by atoms with Gasteiger partial charge in [-0.3, -0.25) is 0 Å². The summed E-state index contributed by atoms with van der Waals surface area (Å²) in [6.45, 7) is 0.336. The second-order valence-electron chi connectivity index (χ2n) is 3.39. The van der Waals surface area contributed by atoms with Crippen LogP contribution in [-0.2, 0) is 9.84 Å². The molecule has 0 saturated heterocycles. The van der Waals surface area contributed by atoms with Crippen LogP contribution in [0.2, 0.25) is 0 Å². The Kier molecular flexibility index (Phi) is 3.62. The van der Waals surface area contributed by atoms with Gasteiger partial charge in [-0.2, -0.15) is 4.39 Å². The van der Waals surface area contributed by atoms with Crippen LogP contribution in [0, 0.1) is 5.95 Å². The molecule has 0 spiro atoms. The van der Waals surface area contributed by atoms with Crippen molar-refractivity contribution >= 4 is 15.5 Å². The standard InChI is InChI=1S/C9H13FN2O2S/c1-12(5-6-15(2,13)14)8-3-4-11-9(10)7-8/h3-4,7H,5-6H2,1-2H3. The molecule has 15 heavy (non-hydrogen) atoms. The molecule has 0 aromatic carbocycles. The maximum absolute atomic E-state index is 12.7. The number of pyridine rings is 1. The van der Waals surface area contributed by atoms with E-state index in [9.17, 15) is 12.8 Å². The summed E-state index contributed by atoms with van der Waals surface area (Å²) in [6, 6.07) is 2.90. The fourth-order valence-corrected chi connectivity index (χ4v) is 1.67. The van der Waals surface area contributed by atoms with Crippen molar-refractivity contribution in [2.24, 2.45) is 0 Å². The molecule has 1 rings (SSSR count). The highest BCUT2D eigenvalue weighted by Crippen LogP contribution is 2.11. The van der Waals surface area contributed by atoms with Gasteiger partial charge in [-0.15, -0.1) is 0 Å². The van der Waals surface area contributed by atoms with Gasteiger partial charge in [0.2, 0.25) is 5.95 Å². The number of anilines is 1. The van der Waals surface area contributed by atoms with Crippen LogP contribution in [0.15, 0.2) is 18.3 Å². The lowest BCUT2D eigenvalue weighted by atomic mass is 10.3. The molecule has 0 aliphatic carbocycles. The van der Waals surface area contributed by atoms with Gasteiger partial charge >= 0.3 is 0 Å². The third-order valence-electron chi connectivity index (χ3n) is 1.95. The van der Waals surface area contributed by atoms with E-state index in [2.05, 4.69) is 4.98 Å². The molecule has 0 unspecified atom stereocenters. The van der Waals surface area contributed by atoms with Crippen molar-refractivity contribution in [2.75, 3.05) is 30.5 Å². The van der Waals surface area contributed by atoms with Crippen LogP contribution in [0.5, 0.6) is 0 Å². The SMILES string of the molecule is CN(CCS(C)(=O)=O)c1ccnc(F)c1. The molecule has 0 aliphatic rings. The quantitative estimate of drug-likeness (QED) is 0.717. The van der Waals surface area contributed by atoms with Crippen LogP contribution < -0.4 is 4.90 Å². The van der Waals surface area contributed by atoms with Gasteiger partial charge in [-0.25, -0.2) is 13.4 Å². The van der Waals surface area contributed by atoms with Crippen molar-refractivity contribution in [2.45, 2.75) is 0 Å². The van der Waals surface area contributed by atoms with Crippen LogP contribution in [0.3, 0.4) is 0 Å². The lowest BCUT2D eigenvalue weighted by Gasteiger charge is -2.18. The van der Waals surface area contributed by atoms with Crippen LogP contribution >= 0.6 is 0 Å². The van der Waals surface area contributed by atoms with Gasteiger partial charge < -0.3 is 4.90 Å². The highest BCUT2D eigenvalue weighted by molar-refractivity contribution is 7.90. The molecule has 0 radical (unpaired) electrons. The molecular formula is C9H13FN2O2S. The smallest absolute Gasteiger partial charge is 0.214 e. The van der Waals surface area contributed by atoms with Gasteiger partial charge in [0.15, 0.2) is 0 Å². The van der Waals surface area contributed by atoms with Gasteiger partial charge in [-0.05, 0) is 6.07 Å². The monoisotopic (exact) mass is 232 g/mol. The summed E-state index contributed by atoms with van der Waals surface area (Å²) in [6.07, 6.45) is 2.52. The van der Waals surface area contributed by atoms with Crippen molar-refractivity contribution in [3.8, 4) is 0 Å². The molecule has 1 heterocycles. The Labute approximate surface area is 88.7 Å². The molecule has 0 aliphatic heterocycles. The Morgan fingerprint density at radius 1 is 1.53 bits per heavy atom. The van der Waals surface area contributed by atoms with E-state index >= 15 is 0 Å². The Balaban J connectivity index is 2.65. The normalized spacial score (nSPS) is 11.4. The predicted molar refractivity (Wildman–Crippen MR) is 57.2 cm³/mol. The summed E-state index contributed by atoms with van der Waals surface area (Å²) in [5.74, 6) is -0.522. The highest BCUT2D eigenvalue weighted by Gasteiger charge is 2.07. The van der Waals surface area contributed by atoms with Crippen LogP contribution in [-0.4, -0.2) is 39.0 Å². The average molecular weight is 232 g/mol. The first-order valence-corrected chi connectivity index (χ1v) is 6.45. The largest absolute Gasteiger partial charge is 0.373 e. The van der Waals surface area contributed by atoms with Gasteiger partial charge in [0.05, 0.1) is 5.75 Å². The van der Waals surface area contributed by atoms with E-state index in [4.69, 9.17) is 0 Å². The third-order valence-corrected chi connectivity index (χ3v) is 2.87. The first kappa shape index (κ1) is 11.9. The van der Waals surface area contributed by atoms with Crippen molar-refractivity contribution in [3.63, 3.8) is 0 Å². The molecule has 0 amide bonds. The topological polar surface area (TPSA) is 50.3 Å². The number of aromatic nitrogens is 1. The zero-order valence-electron chi connectivity index (χ0n) is 8.64. The second-order valence-corrected chi connectivity index (χ2v) is 5.65. The van der Waals surface area contributed by atoms with Crippen molar-refractivity contribution in [3.05, 3.63) is 24.3 Å². The van der Waals surface area contributed by atoms with Crippen LogP contribution in [0.1, 0.15) is 0 Å². The molecule has 84 valence electrons. The van der Waals surface area contributed by atoms with Crippen molar-refractivity contribution in [1.82, 2.24) is 4.98 Å². The van der Waals surface area contributed by atoms with Gasteiger partial charge in [0.25, 0.3) is 0 Å². The number of halogens is 1. The molecule has 4 nitrogen and oxygen atoms in total. The van der Waals surface area contributed by atoms with Gasteiger partial charge in [0.1, 0.15) is 9.84 Å². The fraction of sp³-hybridized carbons (Fsp3) is 0.444. The van der Waals surface area contributed by atoms with E-state index in [-0.39, 0.29) is 5.75 Å². The van der Waals surface area contributed by atoms with Crippen molar-refractivity contribution < 1.29 is 12.8 Å². The summed E-state index contributed by atoms with van der Waals surface area (Å²) in [5, 5.41) is 0.